The van der Waals surface area contributed by atoms with Crippen LogP contribution >= 0.6 is 11.3 Å². The number of aromatic hydroxyl groups is 1. The summed E-state index contributed by atoms with van der Waals surface area (Å²) in [6, 6.07) is 6.00. The highest BCUT2D eigenvalue weighted by atomic mass is 32.1. The Labute approximate surface area is 89.6 Å². The molecule has 0 atom stereocenters. The van der Waals surface area contributed by atoms with Gasteiger partial charge in [-0.05, 0) is 17.5 Å². The fraction of sp³-hybridized carbons (Fsp3) is 0. The van der Waals surface area contributed by atoms with Crippen molar-refractivity contribution < 1.29 is 14.3 Å². The lowest BCUT2D eigenvalue weighted by Gasteiger charge is -2.02. The number of phenolic OH excluding ortho intramolecular Hbond substituents is 1. The standard InChI is InChI=1S/C11H7FO2S/c12-11-8(2-1-3-9(11)14)7-4-5-15-10(7)6-13/h1-6,14H. The molecule has 0 aliphatic rings. The molecule has 0 radical (unpaired) electrons. The van der Waals surface area contributed by atoms with Crippen molar-refractivity contribution in [3.05, 3.63) is 40.3 Å². The van der Waals surface area contributed by atoms with Crippen molar-refractivity contribution >= 4 is 17.6 Å². The fourth-order valence-electron chi connectivity index (χ4n) is 1.36. The van der Waals surface area contributed by atoms with Gasteiger partial charge in [0.2, 0.25) is 0 Å². The normalized spacial score (nSPS) is 10.2. The van der Waals surface area contributed by atoms with Crippen molar-refractivity contribution in [2.45, 2.75) is 0 Å². The maximum absolute atomic E-state index is 13.5. The minimum absolute atomic E-state index is 0.248. The molecule has 2 nitrogen and oxygen atoms in total. The Kier molecular flexibility index (Phi) is 2.51. The molecular formula is C11H7FO2S. The third-order valence-corrected chi connectivity index (χ3v) is 2.91. The maximum atomic E-state index is 13.5. The molecule has 0 bridgehead atoms. The van der Waals surface area contributed by atoms with E-state index in [-0.39, 0.29) is 5.56 Å². The van der Waals surface area contributed by atoms with Crippen molar-refractivity contribution in [2.75, 3.05) is 0 Å². The summed E-state index contributed by atoms with van der Waals surface area (Å²) in [6.45, 7) is 0. The van der Waals surface area contributed by atoms with Gasteiger partial charge >= 0.3 is 0 Å². The third kappa shape index (κ3) is 1.64. The van der Waals surface area contributed by atoms with Crippen LogP contribution in [0.4, 0.5) is 4.39 Å². The number of carbonyl (C=O) groups excluding carboxylic acids is 1. The molecule has 76 valence electrons. The van der Waals surface area contributed by atoms with Gasteiger partial charge in [-0.25, -0.2) is 4.39 Å². The highest BCUT2D eigenvalue weighted by Gasteiger charge is 2.12. The monoisotopic (exact) mass is 222 g/mol. The number of phenols is 1. The molecule has 0 aliphatic carbocycles. The van der Waals surface area contributed by atoms with Crippen LogP contribution in [0, 0.1) is 5.82 Å². The second kappa shape index (κ2) is 3.82. The zero-order chi connectivity index (χ0) is 10.8. The van der Waals surface area contributed by atoms with E-state index in [9.17, 15) is 14.3 Å². The number of hydrogen-bond donors (Lipinski definition) is 1. The van der Waals surface area contributed by atoms with E-state index in [2.05, 4.69) is 0 Å². The molecule has 2 rings (SSSR count). The van der Waals surface area contributed by atoms with Crippen LogP contribution in [0.15, 0.2) is 29.6 Å². The van der Waals surface area contributed by atoms with Gasteiger partial charge in [0.25, 0.3) is 0 Å². The number of halogens is 1. The van der Waals surface area contributed by atoms with Crippen LogP contribution in [0.3, 0.4) is 0 Å². The van der Waals surface area contributed by atoms with Gasteiger partial charge in [-0.3, -0.25) is 4.79 Å². The molecule has 0 fully saturated rings. The van der Waals surface area contributed by atoms with Crippen LogP contribution in [-0.2, 0) is 0 Å². The molecule has 0 unspecified atom stereocenters. The van der Waals surface area contributed by atoms with Gasteiger partial charge in [-0.1, -0.05) is 12.1 Å². The van der Waals surface area contributed by atoms with Crippen molar-refractivity contribution in [1.29, 1.82) is 0 Å². The van der Waals surface area contributed by atoms with Gasteiger partial charge in [0, 0.05) is 11.1 Å². The largest absolute Gasteiger partial charge is 0.505 e. The molecule has 1 N–H and O–H groups in total. The molecule has 2 aromatic rings. The van der Waals surface area contributed by atoms with Crippen molar-refractivity contribution in [2.24, 2.45) is 0 Å². The predicted molar refractivity (Wildman–Crippen MR) is 56.8 cm³/mol. The van der Waals surface area contributed by atoms with E-state index in [1.165, 1.54) is 23.5 Å². The lowest BCUT2D eigenvalue weighted by molar-refractivity contribution is 0.112. The third-order valence-electron chi connectivity index (χ3n) is 2.07. The molecular weight excluding hydrogens is 215 g/mol. The van der Waals surface area contributed by atoms with E-state index in [0.29, 0.717) is 16.7 Å². The summed E-state index contributed by atoms with van der Waals surface area (Å²) in [4.78, 5) is 11.1. The molecule has 0 amide bonds. The number of aldehydes is 1. The summed E-state index contributed by atoms with van der Waals surface area (Å²) in [5.74, 6) is -1.10. The van der Waals surface area contributed by atoms with E-state index in [1.807, 2.05) is 0 Å². The van der Waals surface area contributed by atoms with E-state index >= 15 is 0 Å². The van der Waals surface area contributed by atoms with Crippen LogP contribution in [0.2, 0.25) is 0 Å². The van der Waals surface area contributed by atoms with Crippen LogP contribution in [0.1, 0.15) is 9.67 Å². The Bertz CT molecular complexity index is 505. The lowest BCUT2D eigenvalue weighted by atomic mass is 10.1. The number of carbonyl (C=O) groups is 1. The second-order valence-electron chi connectivity index (χ2n) is 2.96. The highest BCUT2D eigenvalue weighted by molar-refractivity contribution is 7.12. The summed E-state index contributed by atoms with van der Waals surface area (Å²) in [7, 11) is 0. The number of benzene rings is 1. The number of hydrogen-bond acceptors (Lipinski definition) is 3. The maximum Gasteiger partial charge on any atom is 0.172 e. The van der Waals surface area contributed by atoms with Crippen LogP contribution < -0.4 is 0 Å². The Morgan fingerprint density at radius 3 is 2.80 bits per heavy atom. The first-order valence-electron chi connectivity index (χ1n) is 4.24. The number of thiophene rings is 1. The highest BCUT2D eigenvalue weighted by Crippen LogP contribution is 2.32. The Balaban J connectivity index is 2.64. The SMILES string of the molecule is O=Cc1sccc1-c1cccc(O)c1F. The molecule has 15 heavy (non-hydrogen) atoms. The summed E-state index contributed by atoms with van der Waals surface area (Å²) in [6.07, 6.45) is 0.684. The average molecular weight is 222 g/mol. The Morgan fingerprint density at radius 1 is 1.27 bits per heavy atom. The fourth-order valence-corrected chi connectivity index (χ4v) is 2.07. The van der Waals surface area contributed by atoms with Gasteiger partial charge < -0.3 is 5.11 Å². The van der Waals surface area contributed by atoms with Gasteiger partial charge in [-0.2, -0.15) is 0 Å². The first-order valence-corrected chi connectivity index (χ1v) is 5.12. The average Bonchev–Trinajstić information content (AvgIpc) is 2.70. The zero-order valence-corrected chi connectivity index (χ0v) is 8.42. The van der Waals surface area contributed by atoms with Crippen molar-refractivity contribution in [3.63, 3.8) is 0 Å². The Morgan fingerprint density at radius 2 is 2.07 bits per heavy atom. The van der Waals surface area contributed by atoms with E-state index in [0.717, 1.165) is 0 Å². The lowest BCUT2D eigenvalue weighted by Crippen LogP contribution is -1.86. The summed E-state index contributed by atoms with van der Waals surface area (Å²) < 4.78 is 13.5. The van der Waals surface area contributed by atoms with E-state index < -0.39 is 11.6 Å². The molecule has 1 heterocycles. The second-order valence-corrected chi connectivity index (χ2v) is 3.90. The summed E-state index contributed by atoms with van der Waals surface area (Å²) in [5.41, 5.74) is 0.766. The summed E-state index contributed by atoms with van der Waals surface area (Å²) >= 11 is 1.24. The van der Waals surface area contributed by atoms with E-state index in [1.54, 1.807) is 17.5 Å². The molecule has 0 saturated heterocycles. The molecule has 0 aliphatic heterocycles. The van der Waals surface area contributed by atoms with E-state index in [4.69, 9.17) is 0 Å². The molecule has 1 aromatic heterocycles. The molecule has 0 saturated carbocycles. The van der Waals surface area contributed by atoms with Gasteiger partial charge in [0.15, 0.2) is 17.9 Å². The van der Waals surface area contributed by atoms with Gasteiger partial charge in [-0.15, -0.1) is 11.3 Å². The predicted octanol–water partition coefficient (Wildman–Crippen LogP) is 3.07. The van der Waals surface area contributed by atoms with Crippen LogP contribution in [0.5, 0.6) is 5.75 Å². The first kappa shape index (κ1) is 9.86. The summed E-state index contributed by atoms with van der Waals surface area (Å²) in [5, 5.41) is 10.9. The molecule has 1 aromatic carbocycles. The topological polar surface area (TPSA) is 37.3 Å². The van der Waals surface area contributed by atoms with Gasteiger partial charge in [0.1, 0.15) is 0 Å². The molecule has 4 heteroatoms. The Hall–Kier alpha value is -1.68. The minimum Gasteiger partial charge on any atom is -0.505 e. The minimum atomic E-state index is -0.695. The molecule has 0 spiro atoms. The number of rotatable bonds is 2. The van der Waals surface area contributed by atoms with Crippen LogP contribution in [0.25, 0.3) is 11.1 Å². The van der Waals surface area contributed by atoms with Crippen LogP contribution in [-0.4, -0.2) is 11.4 Å². The van der Waals surface area contributed by atoms with Crippen molar-refractivity contribution in [3.8, 4) is 16.9 Å². The van der Waals surface area contributed by atoms with Crippen molar-refractivity contribution in [1.82, 2.24) is 0 Å². The zero-order valence-electron chi connectivity index (χ0n) is 7.61. The van der Waals surface area contributed by atoms with Gasteiger partial charge in [0.05, 0.1) is 4.88 Å². The quantitative estimate of drug-likeness (QED) is 0.793. The first-order chi connectivity index (χ1) is 7.24. The smallest absolute Gasteiger partial charge is 0.172 e.